The molecule has 0 unspecified atom stereocenters. The SMILES string of the molecule is CCN(Cc1cccc(C)n1)C(C)=O. The lowest BCUT2D eigenvalue weighted by Crippen LogP contribution is -2.28. The molecule has 0 radical (unpaired) electrons. The summed E-state index contributed by atoms with van der Waals surface area (Å²) in [5.41, 5.74) is 1.93. The van der Waals surface area contributed by atoms with Crippen LogP contribution in [0.5, 0.6) is 0 Å². The van der Waals surface area contributed by atoms with Gasteiger partial charge < -0.3 is 4.90 Å². The second kappa shape index (κ2) is 4.74. The Balaban J connectivity index is 2.72. The number of nitrogens with zero attached hydrogens (tertiary/aromatic N) is 2. The van der Waals surface area contributed by atoms with Crippen LogP contribution in [0.4, 0.5) is 0 Å². The van der Waals surface area contributed by atoms with E-state index in [1.54, 1.807) is 11.8 Å². The summed E-state index contributed by atoms with van der Waals surface area (Å²) in [6, 6.07) is 5.86. The Hall–Kier alpha value is -1.38. The molecule has 1 heterocycles. The molecule has 0 N–H and O–H groups in total. The van der Waals surface area contributed by atoms with Crippen molar-refractivity contribution in [2.75, 3.05) is 6.54 Å². The summed E-state index contributed by atoms with van der Waals surface area (Å²) in [5.74, 6) is 0.0933. The maximum absolute atomic E-state index is 11.2. The van der Waals surface area contributed by atoms with E-state index in [0.717, 1.165) is 17.9 Å². The quantitative estimate of drug-likeness (QED) is 0.731. The maximum Gasteiger partial charge on any atom is 0.219 e. The fraction of sp³-hybridized carbons (Fsp3) is 0.455. The molecule has 0 aliphatic rings. The molecule has 0 aromatic carbocycles. The first kappa shape index (κ1) is 10.7. The van der Waals surface area contributed by atoms with Crippen molar-refractivity contribution in [2.24, 2.45) is 0 Å². The third-order valence-corrected chi connectivity index (χ3v) is 2.13. The lowest BCUT2D eigenvalue weighted by Gasteiger charge is -2.18. The van der Waals surface area contributed by atoms with Crippen LogP contribution in [0.15, 0.2) is 18.2 Å². The van der Waals surface area contributed by atoms with Gasteiger partial charge in [0.15, 0.2) is 0 Å². The van der Waals surface area contributed by atoms with E-state index in [9.17, 15) is 4.79 Å². The first-order valence-electron chi connectivity index (χ1n) is 4.81. The van der Waals surface area contributed by atoms with Crippen LogP contribution in [-0.2, 0) is 11.3 Å². The van der Waals surface area contributed by atoms with Gasteiger partial charge in [0.2, 0.25) is 5.91 Å². The van der Waals surface area contributed by atoms with Crippen LogP contribution in [-0.4, -0.2) is 22.3 Å². The number of amides is 1. The number of hydrogen-bond donors (Lipinski definition) is 0. The largest absolute Gasteiger partial charge is 0.337 e. The van der Waals surface area contributed by atoms with Crippen molar-refractivity contribution in [2.45, 2.75) is 27.3 Å². The van der Waals surface area contributed by atoms with E-state index in [1.807, 2.05) is 32.0 Å². The minimum absolute atomic E-state index is 0.0933. The zero-order valence-corrected chi connectivity index (χ0v) is 8.95. The lowest BCUT2D eigenvalue weighted by atomic mass is 10.3. The van der Waals surface area contributed by atoms with Crippen molar-refractivity contribution in [1.82, 2.24) is 9.88 Å². The van der Waals surface area contributed by atoms with E-state index >= 15 is 0 Å². The predicted octanol–water partition coefficient (Wildman–Crippen LogP) is 1.76. The lowest BCUT2D eigenvalue weighted by molar-refractivity contribution is -0.129. The van der Waals surface area contributed by atoms with Gasteiger partial charge in [-0.3, -0.25) is 9.78 Å². The van der Waals surface area contributed by atoms with Gasteiger partial charge >= 0.3 is 0 Å². The van der Waals surface area contributed by atoms with E-state index in [2.05, 4.69) is 4.98 Å². The van der Waals surface area contributed by atoms with Crippen molar-refractivity contribution in [1.29, 1.82) is 0 Å². The molecular formula is C11H16N2O. The Kier molecular flexibility index (Phi) is 3.63. The van der Waals surface area contributed by atoms with Gasteiger partial charge in [-0.05, 0) is 26.0 Å². The smallest absolute Gasteiger partial charge is 0.219 e. The number of carbonyl (C=O) groups excluding carboxylic acids is 1. The van der Waals surface area contributed by atoms with Gasteiger partial charge in [-0.25, -0.2) is 0 Å². The highest BCUT2D eigenvalue weighted by molar-refractivity contribution is 5.73. The molecule has 0 aliphatic carbocycles. The van der Waals surface area contributed by atoms with Gasteiger partial charge in [-0.15, -0.1) is 0 Å². The Morgan fingerprint density at radius 2 is 2.21 bits per heavy atom. The van der Waals surface area contributed by atoms with Crippen LogP contribution in [0.3, 0.4) is 0 Å². The van der Waals surface area contributed by atoms with E-state index in [-0.39, 0.29) is 5.91 Å². The average Bonchev–Trinajstić information content (AvgIpc) is 2.14. The highest BCUT2D eigenvalue weighted by atomic mass is 16.2. The second-order valence-corrected chi connectivity index (χ2v) is 3.30. The van der Waals surface area contributed by atoms with Crippen LogP contribution in [0, 0.1) is 6.92 Å². The van der Waals surface area contributed by atoms with Crippen molar-refractivity contribution in [3.05, 3.63) is 29.6 Å². The monoisotopic (exact) mass is 192 g/mol. The number of aromatic nitrogens is 1. The van der Waals surface area contributed by atoms with Gasteiger partial charge in [0, 0.05) is 19.2 Å². The Labute approximate surface area is 84.8 Å². The van der Waals surface area contributed by atoms with Gasteiger partial charge in [-0.1, -0.05) is 6.07 Å². The predicted molar refractivity (Wildman–Crippen MR) is 55.7 cm³/mol. The van der Waals surface area contributed by atoms with Crippen molar-refractivity contribution in [3.63, 3.8) is 0 Å². The van der Waals surface area contributed by atoms with Crippen molar-refractivity contribution < 1.29 is 4.79 Å². The van der Waals surface area contributed by atoms with E-state index < -0.39 is 0 Å². The molecule has 0 spiro atoms. The van der Waals surface area contributed by atoms with E-state index in [0.29, 0.717) is 6.54 Å². The summed E-state index contributed by atoms with van der Waals surface area (Å²) in [7, 11) is 0. The van der Waals surface area contributed by atoms with Gasteiger partial charge in [-0.2, -0.15) is 0 Å². The molecule has 0 saturated carbocycles. The topological polar surface area (TPSA) is 33.2 Å². The third-order valence-electron chi connectivity index (χ3n) is 2.13. The highest BCUT2D eigenvalue weighted by Gasteiger charge is 2.06. The molecule has 1 rings (SSSR count). The number of rotatable bonds is 3. The summed E-state index contributed by atoms with van der Waals surface area (Å²) in [6.07, 6.45) is 0. The summed E-state index contributed by atoms with van der Waals surface area (Å²) < 4.78 is 0. The summed E-state index contributed by atoms with van der Waals surface area (Å²) in [5, 5.41) is 0. The normalized spacial score (nSPS) is 9.93. The molecule has 76 valence electrons. The second-order valence-electron chi connectivity index (χ2n) is 3.30. The molecule has 0 atom stereocenters. The maximum atomic E-state index is 11.2. The fourth-order valence-corrected chi connectivity index (χ4v) is 1.33. The first-order valence-corrected chi connectivity index (χ1v) is 4.81. The van der Waals surface area contributed by atoms with E-state index in [1.165, 1.54) is 0 Å². The minimum atomic E-state index is 0.0933. The Bertz CT molecular complexity index is 323. The number of hydrogen-bond acceptors (Lipinski definition) is 2. The molecule has 0 fully saturated rings. The third kappa shape index (κ3) is 2.83. The number of carbonyl (C=O) groups is 1. The highest BCUT2D eigenvalue weighted by Crippen LogP contribution is 2.03. The van der Waals surface area contributed by atoms with Crippen LogP contribution in [0.1, 0.15) is 25.2 Å². The van der Waals surface area contributed by atoms with Gasteiger partial charge in [0.25, 0.3) is 0 Å². The molecule has 3 nitrogen and oxygen atoms in total. The molecule has 1 aromatic rings. The zero-order valence-electron chi connectivity index (χ0n) is 8.95. The summed E-state index contributed by atoms with van der Waals surface area (Å²) in [4.78, 5) is 17.3. The van der Waals surface area contributed by atoms with Crippen molar-refractivity contribution in [3.8, 4) is 0 Å². The molecule has 1 amide bonds. The number of aryl methyl sites for hydroxylation is 1. The molecular weight excluding hydrogens is 176 g/mol. The summed E-state index contributed by atoms with van der Waals surface area (Å²) in [6.45, 7) is 6.84. The first-order chi connectivity index (χ1) is 6.63. The van der Waals surface area contributed by atoms with Crippen LogP contribution in [0.25, 0.3) is 0 Å². The van der Waals surface area contributed by atoms with Gasteiger partial charge in [0.05, 0.1) is 12.2 Å². The molecule has 0 saturated heterocycles. The fourth-order valence-electron chi connectivity index (χ4n) is 1.33. The minimum Gasteiger partial charge on any atom is -0.337 e. The molecule has 0 aliphatic heterocycles. The van der Waals surface area contributed by atoms with Crippen LogP contribution in [0.2, 0.25) is 0 Å². The molecule has 3 heteroatoms. The van der Waals surface area contributed by atoms with Crippen LogP contribution >= 0.6 is 0 Å². The average molecular weight is 192 g/mol. The van der Waals surface area contributed by atoms with Crippen molar-refractivity contribution >= 4 is 5.91 Å². The van der Waals surface area contributed by atoms with Gasteiger partial charge in [0.1, 0.15) is 0 Å². The number of pyridine rings is 1. The summed E-state index contributed by atoms with van der Waals surface area (Å²) >= 11 is 0. The molecule has 0 bridgehead atoms. The molecule has 14 heavy (non-hydrogen) atoms. The molecule has 1 aromatic heterocycles. The van der Waals surface area contributed by atoms with Crippen LogP contribution < -0.4 is 0 Å². The zero-order chi connectivity index (χ0) is 10.6. The Morgan fingerprint density at radius 3 is 2.71 bits per heavy atom. The van der Waals surface area contributed by atoms with E-state index in [4.69, 9.17) is 0 Å². The Morgan fingerprint density at radius 1 is 1.50 bits per heavy atom. The standard InChI is InChI=1S/C11H16N2O/c1-4-13(10(3)14)8-11-7-5-6-9(2)12-11/h5-7H,4,8H2,1-3H3.